The Balaban J connectivity index is 2.17. The fourth-order valence-corrected chi connectivity index (χ4v) is 2.79. The van der Waals surface area contributed by atoms with Gasteiger partial charge in [0.2, 0.25) is 0 Å². The van der Waals surface area contributed by atoms with Crippen LogP contribution in [0.15, 0.2) is 24.5 Å². The zero-order valence-electron chi connectivity index (χ0n) is 11.3. The number of anilines is 1. The van der Waals surface area contributed by atoms with Crippen molar-refractivity contribution in [1.29, 1.82) is 0 Å². The van der Waals surface area contributed by atoms with Gasteiger partial charge in [-0.05, 0) is 31.5 Å². The lowest BCUT2D eigenvalue weighted by Crippen LogP contribution is -2.20. The molecule has 7 heteroatoms. The van der Waals surface area contributed by atoms with Crippen molar-refractivity contribution in [3.05, 3.63) is 29.5 Å². The van der Waals surface area contributed by atoms with Gasteiger partial charge >= 0.3 is 0 Å². The van der Waals surface area contributed by atoms with Gasteiger partial charge in [-0.1, -0.05) is 11.6 Å². The molecule has 1 aromatic carbocycles. The Morgan fingerprint density at radius 2 is 2.10 bits per heavy atom. The number of rotatable bonds is 5. The molecule has 1 aromatic heterocycles. The summed E-state index contributed by atoms with van der Waals surface area (Å²) in [6, 6.07) is 5.40. The lowest BCUT2D eigenvalue weighted by Gasteiger charge is -2.15. The topological polar surface area (TPSA) is 72.0 Å². The van der Waals surface area contributed by atoms with Crippen LogP contribution in [0, 0.1) is 0 Å². The first-order valence-electron chi connectivity index (χ1n) is 6.20. The van der Waals surface area contributed by atoms with Crippen molar-refractivity contribution in [3.63, 3.8) is 0 Å². The molecule has 0 amide bonds. The molecule has 1 heterocycles. The van der Waals surface area contributed by atoms with E-state index in [1.807, 2.05) is 13.0 Å². The van der Waals surface area contributed by atoms with Crippen molar-refractivity contribution in [3.8, 4) is 0 Å². The Hall–Kier alpha value is -1.40. The molecule has 2 aromatic rings. The molecular weight excluding hydrogens is 298 g/mol. The summed E-state index contributed by atoms with van der Waals surface area (Å²) < 4.78 is 22.3. The summed E-state index contributed by atoms with van der Waals surface area (Å²) in [6.07, 6.45) is 3.23. The number of aromatic nitrogens is 2. The van der Waals surface area contributed by atoms with Gasteiger partial charge in [0, 0.05) is 22.7 Å². The van der Waals surface area contributed by atoms with Gasteiger partial charge in [0.25, 0.3) is 0 Å². The lowest BCUT2D eigenvalue weighted by atomic mass is 10.2. The maximum Gasteiger partial charge on any atom is 0.147 e. The van der Waals surface area contributed by atoms with Gasteiger partial charge in [0.15, 0.2) is 0 Å². The maximum atomic E-state index is 11.2. The number of nitrogens with one attached hydrogen (secondary N) is 1. The molecule has 1 N–H and O–H groups in total. The van der Waals surface area contributed by atoms with Crippen molar-refractivity contribution in [2.45, 2.75) is 19.4 Å². The molecule has 0 saturated heterocycles. The minimum Gasteiger partial charge on any atom is -0.367 e. The summed E-state index contributed by atoms with van der Waals surface area (Å²) in [5.41, 5.74) is 0.755. The average Bonchev–Trinajstić information content (AvgIpc) is 2.35. The van der Waals surface area contributed by atoms with Crippen molar-refractivity contribution in [1.82, 2.24) is 9.97 Å². The van der Waals surface area contributed by atoms with Gasteiger partial charge in [-0.15, -0.1) is 0 Å². The second kappa shape index (κ2) is 5.93. The lowest BCUT2D eigenvalue weighted by molar-refractivity contribution is 0.595. The quantitative estimate of drug-likeness (QED) is 0.918. The minimum atomic E-state index is -2.95. The van der Waals surface area contributed by atoms with E-state index in [4.69, 9.17) is 11.6 Å². The summed E-state index contributed by atoms with van der Waals surface area (Å²) in [4.78, 5) is 8.37. The standard InChI is InChI=1S/C13H16ClN3O2S/c1-9(5-6-20(2,18)19)17-13-11-4-3-10(14)7-12(11)15-8-16-13/h3-4,7-9H,5-6H2,1-2H3,(H,15,16,17). The predicted molar refractivity (Wildman–Crippen MR) is 82.0 cm³/mol. The molecule has 2 rings (SSSR count). The summed E-state index contributed by atoms with van der Waals surface area (Å²) in [5, 5.41) is 4.70. The van der Waals surface area contributed by atoms with Crippen LogP contribution in [0.4, 0.5) is 5.82 Å². The molecule has 1 atom stereocenters. The third kappa shape index (κ3) is 4.05. The number of nitrogens with zero attached hydrogens (tertiary/aromatic N) is 2. The fraction of sp³-hybridized carbons (Fsp3) is 0.385. The van der Waals surface area contributed by atoms with Gasteiger partial charge in [-0.25, -0.2) is 18.4 Å². The summed E-state index contributed by atoms with van der Waals surface area (Å²) in [6.45, 7) is 1.93. The number of hydrogen-bond donors (Lipinski definition) is 1. The van der Waals surface area contributed by atoms with Crippen molar-refractivity contribution < 1.29 is 8.42 Å². The molecule has 0 aliphatic rings. The SMILES string of the molecule is CC(CCS(C)(=O)=O)Nc1ncnc2cc(Cl)ccc12. The number of halogens is 1. The highest BCUT2D eigenvalue weighted by molar-refractivity contribution is 7.90. The van der Waals surface area contributed by atoms with Crippen LogP contribution < -0.4 is 5.32 Å². The van der Waals surface area contributed by atoms with E-state index in [1.54, 1.807) is 12.1 Å². The normalized spacial score (nSPS) is 13.3. The average molecular weight is 314 g/mol. The summed E-state index contributed by atoms with van der Waals surface area (Å²) in [5.74, 6) is 0.836. The van der Waals surface area contributed by atoms with Crippen LogP contribution in [0.3, 0.4) is 0 Å². The Morgan fingerprint density at radius 3 is 2.80 bits per heavy atom. The molecule has 5 nitrogen and oxygen atoms in total. The van der Waals surface area contributed by atoms with E-state index >= 15 is 0 Å². The number of benzene rings is 1. The predicted octanol–water partition coefficient (Wildman–Crippen LogP) is 2.52. The van der Waals surface area contributed by atoms with Crippen molar-refractivity contribution >= 4 is 38.2 Å². The molecule has 108 valence electrons. The Bertz CT molecular complexity index is 719. The van der Waals surface area contributed by atoms with Crippen molar-refractivity contribution in [2.75, 3.05) is 17.3 Å². The zero-order valence-corrected chi connectivity index (χ0v) is 12.9. The zero-order chi connectivity index (χ0) is 14.8. The van der Waals surface area contributed by atoms with E-state index in [0.29, 0.717) is 17.3 Å². The molecular formula is C13H16ClN3O2S. The van der Waals surface area contributed by atoms with Crippen LogP contribution in [0.2, 0.25) is 5.02 Å². The van der Waals surface area contributed by atoms with Gasteiger partial charge in [-0.2, -0.15) is 0 Å². The van der Waals surface area contributed by atoms with Crippen LogP contribution in [0.1, 0.15) is 13.3 Å². The van der Waals surface area contributed by atoms with Crippen LogP contribution >= 0.6 is 11.6 Å². The van der Waals surface area contributed by atoms with Crippen LogP contribution in [0.25, 0.3) is 10.9 Å². The minimum absolute atomic E-state index is 0.00139. The number of fused-ring (bicyclic) bond motifs is 1. The monoisotopic (exact) mass is 313 g/mol. The molecule has 1 unspecified atom stereocenters. The molecule has 0 saturated carbocycles. The van der Waals surface area contributed by atoms with Crippen molar-refractivity contribution in [2.24, 2.45) is 0 Å². The smallest absolute Gasteiger partial charge is 0.147 e. The first-order valence-corrected chi connectivity index (χ1v) is 8.63. The highest BCUT2D eigenvalue weighted by atomic mass is 35.5. The number of hydrogen-bond acceptors (Lipinski definition) is 5. The summed E-state index contributed by atoms with van der Waals surface area (Å²) >= 11 is 5.93. The van der Waals surface area contributed by atoms with Gasteiger partial charge in [0.1, 0.15) is 22.0 Å². The molecule has 0 aliphatic heterocycles. The van der Waals surface area contributed by atoms with E-state index in [0.717, 1.165) is 10.9 Å². The van der Waals surface area contributed by atoms with Gasteiger partial charge in [0.05, 0.1) is 11.3 Å². The molecule has 20 heavy (non-hydrogen) atoms. The molecule has 0 spiro atoms. The highest BCUT2D eigenvalue weighted by Gasteiger charge is 2.10. The Morgan fingerprint density at radius 1 is 1.35 bits per heavy atom. The van der Waals surface area contributed by atoms with Crippen LogP contribution in [0.5, 0.6) is 0 Å². The van der Waals surface area contributed by atoms with E-state index in [1.165, 1.54) is 12.6 Å². The third-order valence-corrected chi connectivity index (χ3v) is 4.12. The number of sulfone groups is 1. The van der Waals surface area contributed by atoms with Gasteiger partial charge in [-0.3, -0.25) is 0 Å². The second-order valence-electron chi connectivity index (χ2n) is 4.85. The third-order valence-electron chi connectivity index (χ3n) is 2.90. The van der Waals surface area contributed by atoms with Gasteiger partial charge < -0.3 is 5.32 Å². The Kier molecular flexibility index (Phi) is 4.45. The molecule has 0 fully saturated rings. The van der Waals surface area contributed by atoms with Crippen LogP contribution in [-0.4, -0.2) is 36.4 Å². The van der Waals surface area contributed by atoms with E-state index in [-0.39, 0.29) is 11.8 Å². The fourth-order valence-electron chi connectivity index (χ4n) is 1.84. The maximum absolute atomic E-state index is 11.2. The molecule has 0 bridgehead atoms. The summed E-state index contributed by atoms with van der Waals surface area (Å²) in [7, 11) is -2.95. The Labute approximate surface area is 123 Å². The van der Waals surface area contributed by atoms with E-state index in [2.05, 4.69) is 15.3 Å². The van der Waals surface area contributed by atoms with E-state index < -0.39 is 9.84 Å². The molecule has 0 aliphatic carbocycles. The molecule has 0 radical (unpaired) electrons. The first kappa shape index (κ1) is 15.0. The van der Waals surface area contributed by atoms with E-state index in [9.17, 15) is 8.42 Å². The highest BCUT2D eigenvalue weighted by Crippen LogP contribution is 2.23. The largest absolute Gasteiger partial charge is 0.367 e. The second-order valence-corrected chi connectivity index (χ2v) is 7.54. The first-order chi connectivity index (χ1) is 9.35. The van der Waals surface area contributed by atoms with Crippen LogP contribution in [-0.2, 0) is 9.84 Å².